The maximum absolute atomic E-state index is 9.56. The number of aliphatic hydroxyl groups is 4. The molecule has 80 valence electrons. The van der Waals surface area contributed by atoms with Gasteiger partial charge in [0.25, 0.3) is 0 Å². The number of aliphatic hydroxyl groups excluding tert-OH is 4. The fourth-order valence-corrected chi connectivity index (χ4v) is 1.08. The highest BCUT2D eigenvalue weighted by molar-refractivity contribution is 4.84. The molecule has 0 rings (SSSR count). The number of nitrogens with two attached hydrogens (primary N) is 1. The van der Waals surface area contributed by atoms with Crippen molar-refractivity contribution in [2.45, 2.75) is 18.9 Å². The minimum atomic E-state index is -1.20. The summed E-state index contributed by atoms with van der Waals surface area (Å²) >= 11 is 0. The van der Waals surface area contributed by atoms with E-state index in [9.17, 15) is 5.11 Å². The summed E-state index contributed by atoms with van der Waals surface area (Å²) < 4.78 is 0. The van der Waals surface area contributed by atoms with Crippen LogP contribution in [0.15, 0.2) is 0 Å². The summed E-state index contributed by atoms with van der Waals surface area (Å²) in [4.78, 5) is 0. The highest BCUT2D eigenvalue weighted by Crippen LogP contribution is 2.23. The van der Waals surface area contributed by atoms with E-state index in [1.807, 2.05) is 0 Å². The second-order valence-electron chi connectivity index (χ2n) is 3.28. The molecule has 1 unspecified atom stereocenters. The molecule has 0 aromatic rings. The standard InChI is InChI=1S/C8H19NO4/c9-3-1-2-7(13)8(4-10,5-11)6-12/h7,10-13H,1-6,9H2. The number of hydrogen-bond acceptors (Lipinski definition) is 5. The van der Waals surface area contributed by atoms with Crippen LogP contribution in [0.3, 0.4) is 0 Å². The lowest BCUT2D eigenvalue weighted by Gasteiger charge is -2.32. The maximum Gasteiger partial charge on any atom is 0.0663 e. The van der Waals surface area contributed by atoms with Gasteiger partial charge < -0.3 is 26.2 Å². The van der Waals surface area contributed by atoms with E-state index in [4.69, 9.17) is 21.1 Å². The van der Waals surface area contributed by atoms with Gasteiger partial charge in [0, 0.05) is 0 Å². The van der Waals surface area contributed by atoms with E-state index in [1.54, 1.807) is 0 Å². The lowest BCUT2D eigenvalue weighted by atomic mass is 9.82. The van der Waals surface area contributed by atoms with Crippen molar-refractivity contribution in [3.05, 3.63) is 0 Å². The second-order valence-corrected chi connectivity index (χ2v) is 3.28. The largest absolute Gasteiger partial charge is 0.396 e. The van der Waals surface area contributed by atoms with Gasteiger partial charge in [-0.2, -0.15) is 0 Å². The molecule has 5 nitrogen and oxygen atoms in total. The SMILES string of the molecule is NCCCC(O)C(CO)(CO)CO. The van der Waals surface area contributed by atoms with Crippen molar-refractivity contribution >= 4 is 0 Å². The minimum Gasteiger partial charge on any atom is -0.396 e. The molecule has 1 atom stereocenters. The van der Waals surface area contributed by atoms with E-state index < -0.39 is 31.3 Å². The molecule has 5 heteroatoms. The highest BCUT2D eigenvalue weighted by Gasteiger charge is 2.35. The molecule has 0 amide bonds. The molecule has 0 aliphatic carbocycles. The van der Waals surface area contributed by atoms with E-state index in [-0.39, 0.29) is 0 Å². The van der Waals surface area contributed by atoms with Crippen LogP contribution in [-0.4, -0.2) is 52.9 Å². The zero-order valence-electron chi connectivity index (χ0n) is 7.69. The van der Waals surface area contributed by atoms with Gasteiger partial charge in [-0.05, 0) is 19.4 Å². The molecule has 0 aromatic carbocycles. The molecular weight excluding hydrogens is 174 g/mol. The third kappa shape index (κ3) is 3.21. The van der Waals surface area contributed by atoms with Crippen LogP contribution < -0.4 is 5.73 Å². The lowest BCUT2D eigenvalue weighted by molar-refractivity contribution is -0.0859. The Morgan fingerprint density at radius 2 is 1.54 bits per heavy atom. The van der Waals surface area contributed by atoms with Gasteiger partial charge in [0.2, 0.25) is 0 Å². The highest BCUT2D eigenvalue weighted by atomic mass is 16.3. The van der Waals surface area contributed by atoms with E-state index in [1.165, 1.54) is 0 Å². The Morgan fingerprint density at radius 1 is 1.08 bits per heavy atom. The van der Waals surface area contributed by atoms with Crippen LogP contribution >= 0.6 is 0 Å². The molecule has 13 heavy (non-hydrogen) atoms. The Labute approximate surface area is 77.8 Å². The summed E-state index contributed by atoms with van der Waals surface area (Å²) in [6.07, 6.45) is 0.0530. The molecule has 0 saturated heterocycles. The zero-order chi connectivity index (χ0) is 10.3. The Hall–Kier alpha value is -0.200. The Bertz CT molecular complexity index is 119. The molecule has 0 bridgehead atoms. The molecular formula is C8H19NO4. The van der Waals surface area contributed by atoms with E-state index in [0.717, 1.165) is 0 Å². The first-order valence-electron chi connectivity index (χ1n) is 4.37. The van der Waals surface area contributed by atoms with Crippen LogP contribution in [0.5, 0.6) is 0 Å². The maximum atomic E-state index is 9.56. The average molecular weight is 193 g/mol. The first kappa shape index (κ1) is 12.8. The molecule has 0 aromatic heterocycles. The lowest BCUT2D eigenvalue weighted by Crippen LogP contribution is -2.45. The first-order valence-corrected chi connectivity index (χ1v) is 4.37. The summed E-state index contributed by atoms with van der Waals surface area (Å²) in [7, 11) is 0. The molecule has 0 radical (unpaired) electrons. The molecule has 0 heterocycles. The van der Waals surface area contributed by atoms with E-state index in [2.05, 4.69) is 0 Å². The van der Waals surface area contributed by atoms with E-state index in [0.29, 0.717) is 19.4 Å². The zero-order valence-corrected chi connectivity index (χ0v) is 7.69. The van der Waals surface area contributed by atoms with Crippen molar-refractivity contribution < 1.29 is 20.4 Å². The van der Waals surface area contributed by atoms with Crippen molar-refractivity contribution in [1.29, 1.82) is 0 Å². The quantitative estimate of drug-likeness (QED) is 0.323. The van der Waals surface area contributed by atoms with Crippen LogP contribution in [0, 0.1) is 5.41 Å². The van der Waals surface area contributed by atoms with Crippen LogP contribution in [0.1, 0.15) is 12.8 Å². The summed E-state index contributed by atoms with van der Waals surface area (Å²) in [6.45, 7) is -0.876. The molecule has 0 saturated carbocycles. The van der Waals surface area contributed by atoms with Crippen molar-refractivity contribution in [3.63, 3.8) is 0 Å². The summed E-state index contributed by atoms with van der Waals surface area (Å²) in [6, 6.07) is 0. The number of rotatable bonds is 7. The van der Waals surface area contributed by atoms with Gasteiger partial charge in [-0.1, -0.05) is 0 Å². The van der Waals surface area contributed by atoms with Crippen molar-refractivity contribution in [3.8, 4) is 0 Å². The Balaban J connectivity index is 4.17. The third-order valence-corrected chi connectivity index (χ3v) is 2.33. The van der Waals surface area contributed by atoms with Crippen molar-refractivity contribution in [2.24, 2.45) is 11.1 Å². The average Bonchev–Trinajstić information content (AvgIpc) is 2.18. The van der Waals surface area contributed by atoms with E-state index >= 15 is 0 Å². The number of hydrogen-bond donors (Lipinski definition) is 5. The van der Waals surface area contributed by atoms with Crippen molar-refractivity contribution in [1.82, 2.24) is 0 Å². The van der Waals surface area contributed by atoms with Crippen LogP contribution in [-0.2, 0) is 0 Å². The smallest absolute Gasteiger partial charge is 0.0663 e. The van der Waals surface area contributed by atoms with Crippen LogP contribution in [0.4, 0.5) is 0 Å². The van der Waals surface area contributed by atoms with Crippen LogP contribution in [0.2, 0.25) is 0 Å². The van der Waals surface area contributed by atoms with Gasteiger partial charge in [0.15, 0.2) is 0 Å². The summed E-state index contributed by atoms with van der Waals surface area (Å²) in [5.41, 5.74) is 4.05. The normalized spacial score (nSPS) is 14.5. The van der Waals surface area contributed by atoms with Crippen molar-refractivity contribution in [2.75, 3.05) is 26.4 Å². The fraction of sp³-hybridized carbons (Fsp3) is 1.00. The van der Waals surface area contributed by atoms with Gasteiger partial charge in [-0.25, -0.2) is 0 Å². The predicted molar refractivity (Wildman–Crippen MR) is 48.0 cm³/mol. The molecule has 0 aliphatic rings. The monoisotopic (exact) mass is 193 g/mol. The van der Waals surface area contributed by atoms with Gasteiger partial charge in [-0.15, -0.1) is 0 Å². The van der Waals surface area contributed by atoms with Gasteiger partial charge in [-0.3, -0.25) is 0 Å². The summed E-state index contributed by atoms with van der Waals surface area (Å²) in [5, 5.41) is 36.4. The topological polar surface area (TPSA) is 107 Å². The molecule has 0 spiro atoms. The second kappa shape index (κ2) is 6.28. The fourth-order valence-electron chi connectivity index (χ4n) is 1.08. The minimum absolute atomic E-state index is 0.373. The molecule has 0 aliphatic heterocycles. The first-order chi connectivity index (χ1) is 6.16. The Kier molecular flexibility index (Phi) is 6.19. The molecule has 6 N–H and O–H groups in total. The van der Waals surface area contributed by atoms with Gasteiger partial charge >= 0.3 is 0 Å². The van der Waals surface area contributed by atoms with Gasteiger partial charge in [0.1, 0.15) is 0 Å². The summed E-state index contributed by atoms with van der Waals surface area (Å²) in [5.74, 6) is 0. The molecule has 0 fully saturated rings. The Morgan fingerprint density at radius 3 is 1.85 bits per heavy atom. The third-order valence-electron chi connectivity index (χ3n) is 2.33. The predicted octanol–water partition coefficient (Wildman–Crippen LogP) is -1.95. The van der Waals surface area contributed by atoms with Crippen LogP contribution in [0.25, 0.3) is 0 Å². The van der Waals surface area contributed by atoms with Gasteiger partial charge in [0.05, 0.1) is 31.3 Å².